The van der Waals surface area contributed by atoms with Gasteiger partial charge in [-0.2, -0.15) is 0 Å². The third-order valence-corrected chi connectivity index (χ3v) is 5.81. The van der Waals surface area contributed by atoms with Crippen molar-refractivity contribution in [1.82, 2.24) is 4.72 Å². The average Bonchev–Trinajstić information content (AvgIpc) is 2.56. The number of nitrogen functional groups attached to an aromatic ring is 1. The summed E-state index contributed by atoms with van der Waals surface area (Å²) >= 11 is 0. The molecule has 0 saturated heterocycles. The lowest BCUT2D eigenvalue weighted by Crippen LogP contribution is -2.27. The normalized spacial score (nSPS) is 13.1. The SMILES string of the molecule is Cc1ccc(N)cc1S(=O)(=O)NC(C)c1cccc2ccccc12. The van der Waals surface area contributed by atoms with Crippen LogP contribution in [-0.4, -0.2) is 8.42 Å². The van der Waals surface area contributed by atoms with E-state index in [1.165, 1.54) is 6.07 Å². The highest BCUT2D eigenvalue weighted by Gasteiger charge is 2.21. The predicted molar refractivity (Wildman–Crippen MR) is 98.3 cm³/mol. The smallest absolute Gasteiger partial charge is 0.241 e. The van der Waals surface area contributed by atoms with E-state index in [0.29, 0.717) is 11.3 Å². The van der Waals surface area contributed by atoms with Gasteiger partial charge in [0.05, 0.1) is 4.90 Å². The Balaban J connectivity index is 1.99. The number of hydrogen-bond acceptors (Lipinski definition) is 3. The Morgan fingerprint density at radius 1 is 1.00 bits per heavy atom. The minimum Gasteiger partial charge on any atom is -0.399 e. The van der Waals surface area contributed by atoms with E-state index in [1.54, 1.807) is 19.1 Å². The van der Waals surface area contributed by atoms with Crippen LogP contribution in [0.25, 0.3) is 10.8 Å². The van der Waals surface area contributed by atoms with Crippen molar-refractivity contribution in [2.45, 2.75) is 24.8 Å². The first-order chi connectivity index (χ1) is 11.4. The van der Waals surface area contributed by atoms with Gasteiger partial charge in [-0.25, -0.2) is 13.1 Å². The number of nitrogens with one attached hydrogen (secondary N) is 1. The zero-order valence-electron chi connectivity index (χ0n) is 13.7. The standard InChI is InChI=1S/C19H20N2O2S/c1-13-10-11-16(20)12-19(13)24(22,23)21-14(2)17-9-5-7-15-6-3-4-8-18(15)17/h3-12,14,21H,20H2,1-2H3. The van der Waals surface area contributed by atoms with Crippen LogP contribution in [0.5, 0.6) is 0 Å². The van der Waals surface area contributed by atoms with Gasteiger partial charge in [-0.05, 0) is 47.9 Å². The molecular formula is C19H20N2O2S. The molecule has 0 radical (unpaired) electrons. The molecule has 3 rings (SSSR count). The number of fused-ring (bicyclic) bond motifs is 1. The van der Waals surface area contributed by atoms with Crippen molar-refractivity contribution in [2.24, 2.45) is 0 Å². The Morgan fingerprint density at radius 2 is 1.71 bits per heavy atom. The summed E-state index contributed by atoms with van der Waals surface area (Å²) in [4.78, 5) is 0.217. The fourth-order valence-electron chi connectivity index (χ4n) is 2.89. The number of nitrogens with two attached hydrogens (primary N) is 1. The van der Waals surface area contributed by atoms with E-state index < -0.39 is 10.0 Å². The summed E-state index contributed by atoms with van der Waals surface area (Å²) in [7, 11) is -3.66. The average molecular weight is 340 g/mol. The molecule has 0 spiro atoms. The maximum atomic E-state index is 12.8. The first-order valence-corrected chi connectivity index (χ1v) is 9.23. The van der Waals surface area contributed by atoms with E-state index in [-0.39, 0.29) is 10.9 Å². The molecule has 0 saturated carbocycles. The van der Waals surface area contributed by atoms with Crippen molar-refractivity contribution in [3.05, 3.63) is 71.8 Å². The zero-order chi connectivity index (χ0) is 17.3. The van der Waals surface area contributed by atoms with Gasteiger partial charge in [0.1, 0.15) is 0 Å². The van der Waals surface area contributed by atoms with Gasteiger partial charge in [-0.3, -0.25) is 0 Å². The number of hydrogen-bond donors (Lipinski definition) is 2. The molecule has 0 aliphatic heterocycles. The summed E-state index contributed by atoms with van der Waals surface area (Å²) in [6.45, 7) is 3.61. The van der Waals surface area contributed by atoms with Crippen LogP contribution >= 0.6 is 0 Å². The summed E-state index contributed by atoms with van der Waals surface area (Å²) in [5, 5.41) is 2.13. The van der Waals surface area contributed by atoms with E-state index in [1.807, 2.05) is 49.4 Å². The van der Waals surface area contributed by atoms with Crippen LogP contribution in [0.1, 0.15) is 24.1 Å². The van der Waals surface area contributed by atoms with Crippen LogP contribution < -0.4 is 10.5 Å². The summed E-state index contributed by atoms with van der Waals surface area (Å²) in [6.07, 6.45) is 0. The van der Waals surface area contributed by atoms with E-state index in [9.17, 15) is 8.42 Å². The van der Waals surface area contributed by atoms with Crippen LogP contribution in [0.4, 0.5) is 5.69 Å². The van der Waals surface area contributed by atoms with Gasteiger partial charge in [-0.1, -0.05) is 48.5 Å². The van der Waals surface area contributed by atoms with Crippen LogP contribution in [0.2, 0.25) is 0 Å². The summed E-state index contributed by atoms with van der Waals surface area (Å²) in [5.41, 5.74) is 7.79. The molecule has 0 aromatic heterocycles. The molecule has 3 aromatic rings. The Bertz CT molecular complexity index is 992. The summed E-state index contributed by atoms with van der Waals surface area (Å²) in [5.74, 6) is 0. The first-order valence-electron chi connectivity index (χ1n) is 7.74. The topological polar surface area (TPSA) is 72.2 Å². The first kappa shape index (κ1) is 16.5. The van der Waals surface area contributed by atoms with E-state index in [4.69, 9.17) is 5.73 Å². The largest absolute Gasteiger partial charge is 0.399 e. The highest BCUT2D eigenvalue weighted by atomic mass is 32.2. The van der Waals surface area contributed by atoms with E-state index in [2.05, 4.69) is 4.72 Å². The molecule has 1 unspecified atom stereocenters. The second-order valence-electron chi connectivity index (χ2n) is 5.94. The summed E-state index contributed by atoms with van der Waals surface area (Å²) in [6, 6.07) is 18.4. The van der Waals surface area contributed by atoms with Gasteiger partial charge in [0.15, 0.2) is 0 Å². The fourth-order valence-corrected chi connectivity index (χ4v) is 4.40. The molecule has 4 nitrogen and oxygen atoms in total. The lowest BCUT2D eigenvalue weighted by atomic mass is 10.0. The van der Waals surface area contributed by atoms with E-state index in [0.717, 1.165) is 16.3 Å². The molecule has 0 heterocycles. The quantitative estimate of drug-likeness (QED) is 0.710. The van der Waals surface area contributed by atoms with Gasteiger partial charge in [0, 0.05) is 11.7 Å². The molecule has 5 heteroatoms. The number of benzene rings is 3. The second kappa shape index (κ2) is 6.26. The highest BCUT2D eigenvalue weighted by Crippen LogP contribution is 2.26. The monoisotopic (exact) mass is 340 g/mol. The lowest BCUT2D eigenvalue weighted by Gasteiger charge is -2.18. The van der Waals surface area contributed by atoms with Gasteiger partial charge in [-0.15, -0.1) is 0 Å². The fraction of sp³-hybridized carbons (Fsp3) is 0.158. The zero-order valence-corrected chi connectivity index (χ0v) is 14.5. The molecule has 0 fully saturated rings. The van der Waals surface area contributed by atoms with Gasteiger partial charge < -0.3 is 5.73 Å². The lowest BCUT2D eigenvalue weighted by molar-refractivity contribution is 0.567. The molecule has 3 aromatic carbocycles. The second-order valence-corrected chi connectivity index (χ2v) is 7.62. The molecule has 3 N–H and O–H groups in total. The Hall–Kier alpha value is -2.37. The molecule has 124 valence electrons. The molecule has 1 atom stereocenters. The third-order valence-electron chi connectivity index (χ3n) is 4.12. The van der Waals surface area contributed by atoms with Crippen molar-refractivity contribution >= 4 is 26.5 Å². The van der Waals surface area contributed by atoms with E-state index >= 15 is 0 Å². The molecule has 0 aliphatic rings. The van der Waals surface area contributed by atoms with Gasteiger partial charge >= 0.3 is 0 Å². The van der Waals surface area contributed by atoms with Crippen molar-refractivity contribution in [3.8, 4) is 0 Å². The molecule has 0 bridgehead atoms. The summed E-state index contributed by atoms with van der Waals surface area (Å²) < 4.78 is 28.3. The van der Waals surface area contributed by atoms with Crippen LogP contribution in [0.15, 0.2) is 65.6 Å². The van der Waals surface area contributed by atoms with Crippen molar-refractivity contribution in [2.75, 3.05) is 5.73 Å². The Kier molecular flexibility index (Phi) is 4.30. The highest BCUT2D eigenvalue weighted by molar-refractivity contribution is 7.89. The van der Waals surface area contributed by atoms with Crippen LogP contribution in [0, 0.1) is 6.92 Å². The minimum atomic E-state index is -3.66. The van der Waals surface area contributed by atoms with Crippen LogP contribution in [0.3, 0.4) is 0 Å². The minimum absolute atomic E-state index is 0.217. The maximum absolute atomic E-state index is 12.8. The Morgan fingerprint density at radius 3 is 2.50 bits per heavy atom. The molecule has 0 aliphatic carbocycles. The number of rotatable bonds is 4. The Labute approximate surface area is 142 Å². The predicted octanol–water partition coefficient (Wildman–Crippen LogP) is 3.77. The van der Waals surface area contributed by atoms with Crippen molar-refractivity contribution < 1.29 is 8.42 Å². The van der Waals surface area contributed by atoms with Gasteiger partial charge in [0.25, 0.3) is 0 Å². The van der Waals surface area contributed by atoms with Crippen LogP contribution in [-0.2, 0) is 10.0 Å². The number of anilines is 1. The third kappa shape index (κ3) is 3.13. The maximum Gasteiger partial charge on any atom is 0.241 e. The molecule has 24 heavy (non-hydrogen) atoms. The number of aryl methyl sites for hydroxylation is 1. The molecule has 0 amide bonds. The van der Waals surface area contributed by atoms with Gasteiger partial charge in [0.2, 0.25) is 10.0 Å². The van der Waals surface area contributed by atoms with Crippen molar-refractivity contribution in [1.29, 1.82) is 0 Å². The van der Waals surface area contributed by atoms with Crippen molar-refractivity contribution in [3.63, 3.8) is 0 Å². The number of sulfonamides is 1. The molecular weight excluding hydrogens is 320 g/mol.